The zero-order valence-electron chi connectivity index (χ0n) is 10.9. The second-order valence-corrected chi connectivity index (χ2v) is 6.11. The number of halogens is 2. The average Bonchev–Trinajstić information content (AvgIpc) is 2.95. The van der Waals surface area contributed by atoms with Crippen molar-refractivity contribution >= 4 is 38.4 Å². The van der Waals surface area contributed by atoms with Gasteiger partial charge in [-0.05, 0) is 51.8 Å². The van der Waals surface area contributed by atoms with E-state index in [1.807, 2.05) is 30.3 Å². The molecule has 0 fully saturated rings. The van der Waals surface area contributed by atoms with E-state index in [2.05, 4.69) is 32.0 Å². The number of aromatic nitrogens is 2. The van der Waals surface area contributed by atoms with Crippen molar-refractivity contribution in [1.82, 2.24) is 9.97 Å². The van der Waals surface area contributed by atoms with Crippen molar-refractivity contribution in [2.75, 3.05) is 6.61 Å². The van der Waals surface area contributed by atoms with E-state index < -0.39 is 0 Å². The molecule has 5 heteroatoms. The summed E-state index contributed by atoms with van der Waals surface area (Å²) >= 11 is 9.82. The summed E-state index contributed by atoms with van der Waals surface area (Å²) in [5.41, 5.74) is 2.97. The monoisotopic (exact) mass is 360 g/mol. The Labute approximate surface area is 135 Å². The summed E-state index contributed by atoms with van der Waals surface area (Å²) in [5.74, 6) is 1.58. The molecule has 2 aromatic carbocycles. The van der Waals surface area contributed by atoms with E-state index >= 15 is 0 Å². The van der Waals surface area contributed by atoms with E-state index in [0.717, 1.165) is 39.7 Å². The predicted molar refractivity (Wildman–Crippen MR) is 86.9 cm³/mol. The van der Waals surface area contributed by atoms with Crippen LogP contribution < -0.4 is 4.74 Å². The van der Waals surface area contributed by atoms with Gasteiger partial charge in [-0.1, -0.05) is 17.7 Å². The van der Waals surface area contributed by atoms with Crippen LogP contribution in [0.15, 0.2) is 40.9 Å². The van der Waals surface area contributed by atoms with Crippen molar-refractivity contribution in [2.24, 2.45) is 0 Å². The smallest absolute Gasteiger partial charge is 0.161 e. The van der Waals surface area contributed by atoms with E-state index in [0.29, 0.717) is 11.0 Å². The summed E-state index contributed by atoms with van der Waals surface area (Å²) in [6.45, 7) is 0.740. The van der Waals surface area contributed by atoms with Gasteiger partial charge in [0.25, 0.3) is 0 Å². The van der Waals surface area contributed by atoms with Crippen LogP contribution >= 0.6 is 27.5 Å². The molecule has 0 amide bonds. The molecule has 3 aromatic rings. The number of hydrogen-bond donors (Lipinski definition) is 0. The fourth-order valence-electron chi connectivity index (χ4n) is 2.53. The van der Waals surface area contributed by atoms with Gasteiger partial charge in [0, 0.05) is 21.8 Å². The third-order valence-corrected chi connectivity index (χ3v) is 4.51. The number of benzene rings is 2. The van der Waals surface area contributed by atoms with Gasteiger partial charge in [-0.25, -0.2) is 9.97 Å². The van der Waals surface area contributed by atoms with Gasteiger partial charge in [-0.2, -0.15) is 0 Å². The van der Waals surface area contributed by atoms with E-state index in [9.17, 15) is 0 Å². The van der Waals surface area contributed by atoms with Crippen molar-refractivity contribution in [3.05, 3.63) is 51.6 Å². The Bertz CT molecular complexity index is 866. The molecule has 0 spiro atoms. The maximum absolute atomic E-state index is 6.30. The highest BCUT2D eigenvalue weighted by Crippen LogP contribution is 2.32. The van der Waals surface area contributed by atoms with Crippen LogP contribution in [0.3, 0.4) is 0 Å². The van der Waals surface area contributed by atoms with Crippen LogP contribution in [0.25, 0.3) is 22.3 Å². The first-order chi connectivity index (χ1) is 10.2. The molecule has 1 aliphatic heterocycles. The molecule has 4 rings (SSSR count). The molecule has 0 saturated heterocycles. The fraction of sp³-hybridized carbons (Fsp3) is 0.125. The normalized spacial score (nSPS) is 13.2. The fourth-order valence-corrected chi connectivity index (χ4v) is 3.22. The van der Waals surface area contributed by atoms with E-state index in [-0.39, 0.29) is 0 Å². The topological polar surface area (TPSA) is 35.0 Å². The minimum absolute atomic E-state index is 0.466. The third kappa shape index (κ3) is 2.19. The molecule has 0 bridgehead atoms. The maximum Gasteiger partial charge on any atom is 0.161 e. The van der Waals surface area contributed by atoms with Gasteiger partial charge in [0.05, 0.1) is 12.1 Å². The standard InChI is InChI=1S/C16H10BrClN2O/c17-12-3-1-2-11-14(12)19-16(20-15(11)18)10-4-5-13-9(8-10)6-7-21-13/h1-5,8H,6-7H2. The Balaban J connectivity index is 1.92. The van der Waals surface area contributed by atoms with Gasteiger partial charge < -0.3 is 4.74 Å². The van der Waals surface area contributed by atoms with Crippen molar-refractivity contribution in [1.29, 1.82) is 0 Å². The molecule has 1 aromatic heterocycles. The van der Waals surface area contributed by atoms with Gasteiger partial charge >= 0.3 is 0 Å². The van der Waals surface area contributed by atoms with Crippen LogP contribution in [0.5, 0.6) is 5.75 Å². The van der Waals surface area contributed by atoms with Crippen LogP contribution in [-0.4, -0.2) is 16.6 Å². The Morgan fingerprint density at radius 1 is 1.14 bits per heavy atom. The molecular formula is C16H10BrClN2O. The lowest BCUT2D eigenvalue weighted by molar-refractivity contribution is 0.357. The Morgan fingerprint density at radius 2 is 2.05 bits per heavy atom. The molecule has 0 N–H and O–H groups in total. The number of ether oxygens (including phenoxy) is 1. The maximum atomic E-state index is 6.30. The third-order valence-electron chi connectivity index (χ3n) is 3.58. The largest absolute Gasteiger partial charge is 0.493 e. The van der Waals surface area contributed by atoms with Gasteiger partial charge in [0.1, 0.15) is 10.9 Å². The summed E-state index contributed by atoms with van der Waals surface area (Å²) in [6, 6.07) is 11.8. The Hall–Kier alpha value is -1.65. The minimum atomic E-state index is 0.466. The highest BCUT2D eigenvalue weighted by molar-refractivity contribution is 9.10. The second kappa shape index (κ2) is 4.97. The quantitative estimate of drug-likeness (QED) is 0.592. The minimum Gasteiger partial charge on any atom is -0.493 e. The number of fused-ring (bicyclic) bond motifs is 2. The Kier molecular flexibility index (Phi) is 3.08. The molecule has 21 heavy (non-hydrogen) atoms. The molecule has 0 atom stereocenters. The van der Waals surface area contributed by atoms with Crippen LogP contribution in [-0.2, 0) is 6.42 Å². The Morgan fingerprint density at radius 3 is 2.95 bits per heavy atom. The zero-order valence-corrected chi connectivity index (χ0v) is 13.3. The molecule has 0 saturated carbocycles. The number of hydrogen-bond acceptors (Lipinski definition) is 3. The summed E-state index contributed by atoms with van der Waals surface area (Å²) < 4.78 is 6.44. The molecule has 104 valence electrons. The predicted octanol–water partition coefficient (Wildman–Crippen LogP) is 4.65. The average molecular weight is 362 g/mol. The molecule has 3 nitrogen and oxygen atoms in total. The zero-order chi connectivity index (χ0) is 14.4. The van der Waals surface area contributed by atoms with E-state index in [1.165, 1.54) is 5.56 Å². The summed E-state index contributed by atoms with van der Waals surface area (Å²) in [6.07, 6.45) is 0.925. The summed E-state index contributed by atoms with van der Waals surface area (Å²) in [5, 5.41) is 1.31. The summed E-state index contributed by atoms with van der Waals surface area (Å²) in [4.78, 5) is 9.08. The van der Waals surface area contributed by atoms with Crippen molar-refractivity contribution < 1.29 is 4.74 Å². The molecule has 0 unspecified atom stereocenters. The first-order valence-electron chi connectivity index (χ1n) is 6.60. The molecule has 1 aliphatic rings. The lowest BCUT2D eigenvalue weighted by atomic mass is 10.1. The van der Waals surface area contributed by atoms with Gasteiger partial charge in [0.15, 0.2) is 5.82 Å². The van der Waals surface area contributed by atoms with Crippen LogP contribution in [0.2, 0.25) is 5.15 Å². The highest BCUT2D eigenvalue weighted by Gasteiger charge is 2.15. The summed E-state index contributed by atoms with van der Waals surface area (Å²) in [7, 11) is 0. The van der Waals surface area contributed by atoms with Crippen LogP contribution in [0, 0.1) is 0 Å². The van der Waals surface area contributed by atoms with Gasteiger partial charge in [-0.3, -0.25) is 0 Å². The lowest BCUT2D eigenvalue weighted by Crippen LogP contribution is -1.93. The van der Waals surface area contributed by atoms with Gasteiger partial charge in [-0.15, -0.1) is 0 Å². The number of rotatable bonds is 1. The SMILES string of the molecule is Clc1nc(-c2ccc3c(c2)CCO3)nc2c(Br)cccc12. The van der Waals surface area contributed by atoms with Crippen molar-refractivity contribution in [2.45, 2.75) is 6.42 Å². The lowest BCUT2D eigenvalue weighted by Gasteiger charge is -2.07. The van der Waals surface area contributed by atoms with Crippen LogP contribution in [0.4, 0.5) is 0 Å². The van der Waals surface area contributed by atoms with Crippen LogP contribution in [0.1, 0.15) is 5.56 Å². The molecule has 0 radical (unpaired) electrons. The van der Waals surface area contributed by atoms with Crippen molar-refractivity contribution in [3.63, 3.8) is 0 Å². The number of para-hydroxylation sites is 1. The number of nitrogens with zero attached hydrogens (tertiary/aromatic N) is 2. The van der Waals surface area contributed by atoms with Crippen molar-refractivity contribution in [3.8, 4) is 17.1 Å². The van der Waals surface area contributed by atoms with E-state index in [4.69, 9.17) is 16.3 Å². The highest BCUT2D eigenvalue weighted by atomic mass is 79.9. The van der Waals surface area contributed by atoms with Gasteiger partial charge in [0.2, 0.25) is 0 Å². The second-order valence-electron chi connectivity index (χ2n) is 4.89. The molecular weight excluding hydrogens is 352 g/mol. The molecule has 0 aliphatic carbocycles. The first-order valence-corrected chi connectivity index (χ1v) is 7.77. The van der Waals surface area contributed by atoms with E-state index in [1.54, 1.807) is 0 Å². The first kappa shape index (κ1) is 13.0. The molecule has 2 heterocycles.